The lowest BCUT2D eigenvalue weighted by Crippen LogP contribution is -2.40. The molecule has 1 unspecified atom stereocenters. The number of hydrogen-bond donors (Lipinski definition) is 2. The molecule has 0 fully saturated rings. The molecule has 0 aliphatic heterocycles. The van der Waals surface area contributed by atoms with Crippen LogP contribution in [0, 0.1) is 6.92 Å². The summed E-state index contributed by atoms with van der Waals surface area (Å²) in [6.07, 6.45) is -0.257. The topological polar surface area (TPSA) is 66.4 Å². The molecule has 2 N–H and O–H groups in total. The highest BCUT2D eigenvalue weighted by Crippen LogP contribution is 2.20. The van der Waals surface area contributed by atoms with Crippen molar-refractivity contribution in [2.75, 3.05) is 0 Å². The van der Waals surface area contributed by atoms with Gasteiger partial charge in [-0.3, -0.25) is 0 Å². The van der Waals surface area contributed by atoms with E-state index in [2.05, 4.69) is 4.72 Å². The molecule has 0 aliphatic rings. The molecule has 0 aliphatic carbocycles. The molecule has 0 spiro atoms. The largest absolute Gasteiger partial charge is 0.393 e. The Labute approximate surface area is 115 Å². The van der Waals surface area contributed by atoms with Gasteiger partial charge in [-0.05, 0) is 52.7 Å². The maximum absolute atomic E-state index is 12.4. The minimum absolute atomic E-state index is 0.244. The number of sulfonamides is 1. The fourth-order valence-electron chi connectivity index (χ4n) is 1.91. The Balaban J connectivity index is 3.26. The van der Waals surface area contributed by atoms with Crippen LogP contribution in [0.3, 0.4) is 0 Å². The molecule has 0 amide bonds. The number of aliphatic hydroxyl groups excluding tert-OH is 1. The summed E-state index contributed by atoms with van der Waals surface area (Å²) in [5.74, 6) is 0. The summed E-state index contributed by atoms with van der Waals surface area (Å²) in [5.41, 5.74) is 1.09. The van der Waals surface area contributed by atoms with E-state index in [1.807, 2.05) is 13.0 Å². The van der Waals surface area contributed by atoms with Crippen LogP contribution in [-0.4, -0.2) is 25.2 Å². The van der Waals surface area contributed by atoms with Crippen molar-refractivity contribution in [1.29, 1.82) is 0 Å². The van der Waals surface area contributed by atoms with E-state index in [1.165, 1.54) is 0 Å². The van der Waals surface area contributed by atoms with Crippen LogP contribution in [0.5, 0.6) is 0 Å². The molecule has 0 radical (unpaired) electrons. The molecule has 4 nitrogen and oxygen atoms in total. The van der Waals surface area contributed by atoms with Crippen molar-refractivity contribution in [2.45, 2.75) is 57.6 Å². The Hall–Kier alpha value is -0.910. The third kappa shape index (κ3) is 4.93. The lowest BCUT2D eigenvalue weighted by Gasteiger charge is -2.22. The van der Waals surface area contributed by atoms with Gasteiger partial charge in [0, 0.05) is 5.54 Å². The van der Waals surface area contributed by atoms with Crippen LogP contribution in [0.4, 0.5) is 0 Å². The van der Waals surface area contributed by atoms with E-state index in [-0.39, 0.29) is 4.90 Å². The fraction of sp³-hybridized carbons (Fsp3) is 0.571. The van der Waals surface area contributed by atoms with Crippen molar-refractivity contribution in [2.24, 2.45) is 0 Å². The molecule has 1 atom stereocenters. The van der Waals surface area contributed by atoms with E-state index in [4.69, 9.17) is 0 Å². The predicted molar refractivity (Wildman–Crippen MR) is 76.6 cm³/mol. The van der Waals surface area contributed by atoms with Crippen LogP contribution in [0.25, 0.3) is 0 Å². The summed E-state index contributed by atoms with van der Waals surface area (Å²) < 4.78 is 27.4. The van der Waals surface area contributed by atoms with Gasteiger partial charge in [-0.25, -0.2) is 13.1 Å². The van der Waals surface area contributed by atoms with Gasteiger partial charge in [0.05, 0.1) is 11.0 Å². The quantitative estimate of drug-likeness (QED) is 0.889. The summed E-state index contributed by atoms with van der Waals surface area (Å²) in [6.45, 7) is 8.95. The van der Waals surface area contributed by atoms with Crippen LogP contribution in [0.2, 0.25) is 0 Å². The van der Waals surface area contributed by atoms with E-state index in [0.29, 0.717) is 12.0 Å². The smallest absolute Gasteiger partial charge is 0.241 e. The Morgan fingerprint density at radius 2 is 1.89 bits per heavy atom. The standard InChI is InChI=1S/C14H23NO3S/c1-10-6-7-13(12(8-10)9-11(2)16)19(17,18)15-14(3,4)5/h6-8,11,15-16H,9H2,1-5H3. The van der Waals surface area contributed by atoms with Gasteiger partial charge in [-0.2, -0.15) is 0 Å². The molecule has 1 aromatic carbocycles. The predicted octanol–water partition coefficient (Wildman–Crippen LogP) is 2.00. The second kappa shape index (κ2) is 5.61. The first-order valence-electron chi connectivity index (χ1n) is 6.33. The minimum atomic E-state index is -3.57. The van der Waals surface area contributed by atoms with Crippen molar-refractivity contribution in [3.05, 3.63) is 29.3 Å². The molecule has 19 heavy (non-hydrogen) atoms. The molecule has 0 aromatic heterocycles. The Bertz CT molecular complexity index is 542. The zero-order valence-electron chi connectivity index (χ0n) is 12.2. The van der Waals surface area contributed by atoms with E-state index in [1.54, 1.807) is 39.8 Å². The van der Waals surface area contributed by atoms with Gasteiger partial charge in [0.15, 0.2) is 0 Å². The molecular weight excluding hydrogens is 262 g/mol. The Morgan fingerprint density at radius 1 is 1.32 bits per heavy atom. The Kier molecular flexibility index (Phi) is 4.76. The molecule has 0 saturated heterocycles. The van der Waals surface area contributed by atoms with Crippen LogP contribution < -0.4 is 4.72 Å². The van der Waals surface area contributed by atoms with Crippen molar-refractivity contribution < 1.29 is 13.5 Å². The maximum Gasteiger partial charge on any atom is 0.241 e. The van der Waals surface area contributed by atoms with Gasteiger partial charge in [0.2, 0.25) is 10.0 Å². The van der Waals surface area contributed by atoms with Crippen molar-refractivity contribution in [3.63, 3.8) is 0 Å². The molecule has 108 valence electrons. The zero-order valence-corrected chi connectivity index (χ0v) is 13.0. The lowest BCUT2D eigenvalue weighted by molar-refractivity contribution is 0.194. The highest BCUT2D eigenvalue weighted by molar-refractivity contribution is 7.89. The van der Waals surface area contributed by atoms with E-state index < -0.39 is 21.7 Å². The molecule has 0 saturated carbocycles. The van der Waals surface area contributed by atoms with Gasteiger partial charge >= 0.3 is 0 Å². The number of hydrogen-bond acceptors (Lipinski definition) is 3. The van der Waals surface area contributed by atoms with E-state index in [0.717, 1.165) is 5.56 Å². The fourth-order valence-corrected chi connectivity index (χ4v) is 3.56. The average molecular weight is 285 g/mol. The summed E-state index contributed by atoms with van der Waals surface area (Å²) in [4.78, 5) is 0.244. The summed E-state index contributed by atoms with van der Waals surface area (Å²) in [7, 11) is -3.57. The first kappa shape index (κ1) is 16.1. The second-order valence-corrected chi connectivity index (χ2v) is 7.67. The van der Waals surface area contributed by atoms with Crippen molar-refractivity contribution in [1.82, 2.24) is 4.72 Å². The number of benzene rings is 1. The number of aliphatic hydroxyl groups is 1. The summed E-state index contributed by atoms with van der Waals surface area (Å²) >= 11 is 0. The lowest BCUT2D eigenvalue weighted by atomic mass is 10.1. The molecule has 1 rings (SSSR count). The van der Waals surface area contributed by atoms with Gasteiger partial charge in [-0.15, -0.1) is 0 Å². The molecule has 0 bridgehead atoms. The van der Waals surface area contributed by atoms with Crippen LogP contribution >= 0.6 is 0 Å². The third-order valence-corrected chi connectivity index (χ3v) is 4.32. The maximum atomic E-state index is 12.4. The number of rotatable bonds is 4. The Morgan fingerprint density at radius 3 is 2.37 bits per heavy atom. The SMILES string of the molecule is Cc1ccc(S(=O)(=O)NC(C)(C)C)c(CC(C)O)c1. The third-order valence-electron chi connectivity index (χ3n) is 2.46. The van der Waals surface area contributed by atoms with Gasteiger partial charge < -0.3 is 5.11 Å². The first-order chi connectivity index (χ1) is 8.51. The zero-order chi connectivity index (χ0) is 14.8. The number of nitrogens with one attached hydrogen (secondary N) is 1. The molecule has 0 heterocycles. The van der Waals surface area contributed by atoms with Gasteiger partial charge in [-0.1, -0.05) is 17.7 Å². The normalized spacial score (nSPS) is 14.4. The van der Waals surface area contributed by atoms with Gasteiger partial charge in [0.1, 0.15) is 0 Å². The van der Waals surface area contributed by atoms with Crippen LogP contribution in [-0.2, 0) is 16.4 Å². The molecule has 1 aromatic rings. The average Bonchev–Trinajstić information content (AvgIpc) is 2.11. The summed E-state index contributed by atoms with van der Waals surface area (Å²) in [5, 5.41) is 9.50. The second-order valence-electron chi connectivity index (χ2n) is 6.02. The van der Waals surface area contributed by atoms with Gasteiger partial charge in [0.25, 0.3) is 0 Å². The van der Waals surface area contributed by atoms with E-state index >= 15 is 0 Å². The molecular formula is C14H23NO3S. The highest BCUT2D eigenvalue weighted by atomic mass is 32.2. The highest BCUT2D eigenvalue weighted by Gasteiger charge is 2.24. The summed E-state index contributed by atoms with van der Waals surface area (Å²) in [6, 6.07) is 5.17. The monoisotopic (exact) mass is 285 g/mol. The molecule has 5 heteroatoms. The first-order valence-corrected chi connectivity index (χ1v) is 7.81. The van der Waals surface area contributed by atoms with E-state index in [9.17, 15) is 13.5 Å². The van der Waals surface area contributed by atoms with Crippen LogP contribution in [0.1, 0.15) is 38.8 Å². The minimum Gasteiger partial charge on any atom is -0.393 e. The van der Waals surface area contributed by atoms with Crippen molar-refractivity contribution >= 4 is 10.0 Å². The van der Waals surface area contributed by atoms with Crippen LogP contribution in [0.15, 0.2) is 23.1 Å². The van der Waals surface area contributed by atoms with Crippen molar-refractivity contribution in [3.8, 4) is 0 Å². The number of aryl methyl sites for hydroxylation is 1.